The molecule has 0 N–H and O–H groups in total. The zero-order valence-corrected chi connectivity index (χ0v) is 39.4. The molecule has 5 nitrogen and oxygen atoms in total. The van der Waals surface area contributed by atoms with E-state index < -0.39 is 16.1 Å². The third-order valence-electron chi connectivity index (χ3n) is 14.3. The summed E-state index contributed by atoms with van der Waals surface area (Å²) < 4.78 is 11.9. The molecule has 12 aromatic rings. The Morgan fingerprint density at radius 1 is 0.471 bits per heavy atom. The van der Waals surface area contributed by atoms with Crippen LogP contribution in [-0.2, 0) is 7.05 Å². The Hall–Kier alpha value is -8.37. The first-order chi connectivity index (χ1) is 33.7. The standard InChI is InChI=1S/C61H44N4OSi2/c1-64-52-32-15-14-31-51(52)63-61(64)43-21-20-30-48(41-43)67(44-22-6-2-7-23-44,45-24-8-3-9-25-45)49-36-37-50-54(42-49)65(58-35-18-19-40-62-58)53-38-39-57-60(59(50)53)66-55-33-16-17-34-56(55)68(57,46-26-10-4-11-27-46)47-28-12-5-13-29-47/h2-42H,1H3. The van der Waals surface area contributed by atoms with Crippen LogP contribution in [0.4, 0.5) is 0 Å². The predicted octanol–water partition coefficient (Wildman–Crippen LogP) is 8.59. The number of nitrogens with zero attached hydrogens (tertiary/aromatic N) is 4. The zero-order valence-electron chi connectivity index (χ0n) is 37.4. The van der Waals surface area contributed by atoms with Crippen molar-refractivity contribution >= 4 is 90.5 Å². The highest BCUT2D eigenvalue weighted by Gasteiger charge is 2.49. The monoisotopic (exact) mass is 904 g/mol. The van der Waals surface area contributed by atoms with Gasteiger partial charge in [0.25, 0.3) is 0 Å². The number of fused-ring (bicyclic) bond motifs is 7. The summed E-state index contributed by atoms with van der Waals surface area (Å²) in [5.41, 5.74) is 5.31. The lowest BCUT2D eigenvalue weighted by Gasteiger charge is -2.39. The fourth-order valence-electron chi connectivity index (χ4n) is 11.4. The van der Waals surface area contributed by atoms with E-state index in [1.165, 1.54) is 41.5 Å². The molecule has 0 aliphatic carbocycles. The Morgan fingerprint density at radius 2 is 1.09 bits per heavy atom. The molecule has 0 amide bonds. The summed E-state index contributed by atoms with van der Waals surface area (Å²) in [4.78, 5) is 10.3. The van der Waals surface area contributed by atoms with E-state index in [2.05, 4.69) is 253 Å². The lowest BCUT2D eigenvalue weighted by Crippen LogP contribution is -2.76. The van der Waals surface area contributed by atoms with Gasteiger partial charge in [-0.3, -0.25) is 4.57 Å². The number of hydrogen-bond acceptors (Lipinski definition) is 3. The molecular formula is C61H44N4OSi2. The molecule has 322 valence electrons. The summed E-state index contributed by atoms with van der Waals surface area (Å²) in [6.45, 7) is 0. The molecule has 13 rings (SSSR count). The van der Waals surface area contributed by atoms with Crippen LogP contribution in [-0.4, -0.2) is 35.2 Å². The molecule has 0 fully saturated rings. The smallest absolute Gasteiger partial charge is 0.188 e. The quantitative estimate of drug-likeness (QED) is 0.114. The molecule has 3 aromatic heterocycles. The molecule has 0 bridgehead atoms. The van der Waals surface area contributed by atoms with E-state index in [0.29, 0.717) is 0 Å². The van der Waals surface area contributed by atoms with Crippen molar-refractivity contribution in [2.45, 2.75) is 0 Å². The average Bonchev–Trinajstić information content (AvgIpc) is 3.94. The molecule has 0 radical (unpaired) electrons. The Balaban J connectivity index is 1.14. The van der Waals surface area contributed by atoms with E-state index >= 15 is 0 Å². The molecule has 0 saturated carbocycles. The van der Waals surface area contributed by atoms with Crippen LogP contribution in [0.1, 0.15) is 0 Å². The molecular weight excluding hydrogens is 861 g/mol. The molecule has 0 unspecified atom stereocenters. The van der Waals surface area contributed by atoms with E-state index in [-0.39, 0.29) is 0 Å². The third kappa shape index (κ3) is 5.86. The minimum atomic E-state index is -3.09. The molecule has 1 aliphatic heterocycles. The van der Waals surface area contributed by atoms with E-state index in [1.54, 1.807) is 0 Å². The highest BCUT2D eigenvalue weighted by molar-refractivity contribution is 7.21. The van der Waals surface area contributed by atoms with Gasteiger partial charge in [-0.05, 0) is 84.0 Å². The SMILES string of the molecule is Cn1c(-c2cccc([Si](c3ccccc3)(c3ccccc3)c3ccc4c5c6c(ccc5n(-c5ccccn5)c4c3)[Si](c3ccccc3)(c3ccccc3)c3ccccc3O6)c2)nc2ccccc21. The van der Waals surface area contributed by atoms with Gasteiger partial charge >= 0.3 is 0 Å². The first-order valence-corrected chi connectivity index (χ1v) is 27.2. The third-order valence-corrected chi connectivity index (χ3v) is 23.8. The van der Waals surface area contributed by atoms with Crippen molar-refractivity contribution in [2.24, 2.45) is 7.05 Å². The summed E-state index contributed by atoms with van der Waals surface area (Å²) in [5.74, 6) is 3.62. The highest BCUT2D eigenvalue weighted by Crippen LogP contribution is 2.41. The normalized spacial score (nSPS) is 13.0. The summed E-state index contributed by atoms with van der Waals surface area (Å²) in [5, 5.41) is 12.5. The average molecular weight is 905 g/mol. The number of hydrogen-bond donors (Lipinski definition) is 0. The molecule has 1 aliphatic rings. The second-order valence-electron chi connectivity index (χ2n) is 17.7. The van der Waals surface area contributed by atoms with Crippen molar-refractivity contribution in [2.75, 3.05) is 0 Å². The van der Waals surface area contributed by atoms with Crippen LogP contribution < -0.4 is 46.2 Å². The van der Waals surface area contributed by atoms with E-state index in [9.17, 15) is 0 Å². The van der Waals surface area contributed by atoms with Gasteiger partial charge in [0.15, 0.2) is 16.1 Å². The van der Waals surface area contributed by atoms with E-state index in [0.717, 1.165) is 61.5 Å². The molecule has 0 saturated heterocycles. The molecule has 4 heterocycles. The van der Waals surface area contributed by atoms with Gasteiger partial charge in [-0.1, -0.05) is 200 Å². The lowest BCUT2D eigenvalue weighted by atomic mass is 10.1. The van der Waals surface area contributed by atoms with Crippen LogP contribution in [0.25, 0.3) is 50.0 Å². The maximum Gasteiger partial charge on any atom is 0.188 e. The number of rotatable bonds is 8. The molecule has 7 heteroatoms. The minimum absolute atomic E-state index is 0.853. The first kappa shape index (κ1) is 40.0. The predicted molar refractivity (Wildman–Crippen MR) is 286 cm³/mol. The van der Waals surface area contributed by atoms with Gasteiger partial charge in [0.05, 0.1) is 27.5 Å². The molecule has 0 atom stereocenters. The number of para-hydroxylation sites is 3. The van der Waals surface area contributed by atoms with Crippen molar-refractivity contribution in [3.8, 4) is 28.7 Å². The number of ether oxygens (including phenoxy) is 1. The maximum atomic E-state index is 7.34. The van der Waals surface area contributed by atoms with Gasteiger partial charge in [0.1, 0.15) is 23.1 Å². The number of imidazole rings is 1. The Labute approximate surface area is 396 Å². The van der Waals surface area contributed by atoms with Crippen LogP contribution in [0.15, 0.2) is 249 Å². The van der Waals surface area contributed by atoms with Crippen LogP contribution in [0, 0.1) is 0 Å². The fourth-order valence-corrected chi connectivity index (χ4v) is 21.1. The van der Waals surface area contributed by atoms with Gasteiger partial charge in [-0.2, -0.15) is 0 Å². The fraction of sp³-hybridized carbons (Fsp3) is 0.0164. The second kappa shape index (κ2) is 15.9. The maximum absolute atomic E-state index is 7.34. The van der Waals surface area contributed by atoms with Gasteiger partial charge in [-0.15, -0.1) is 0 Å². The van der Waals surface area contributed by atoms with Crippen LogP contribution >= 0.6 is 0 Å². The minimum Gasteiger partial charge on any atom is -0.457 e. The molecule has 9 aromatic carbocycles. The molecule has 68 heavy (non-hydrogen) atoms. The highest BCUT2D eigenvalue weighted by atomic mass is 28.3. The lowest BCUT2D eigenvalue weighted by molar-refractivity contribution is 0.493. The number of benzene rings is 9. The van der Waals surface area contributed by atoms with Crippen molar-refractivity contribution in [1.82, 2.24) is 19.1 Å². The summed E-state index contributed by atoms with van der Waals surface area (Å²) in [7, 11) is -3.90. The Kier molecular flexibility index (Phi) is 9.35. The van der Waals surface area contributed by atoms with Gasteiger partial charge in [0.2, 0.25) is 0 Å². The van der Waals surface area contributed by atoms with Crippen molar-refractivity contribution in [3.05, 3.63) is 249 Å². The Bertz CT molecular complexity index is 3760. The van der Waals surface area contributed by atoms with Crippen LogP contribution in [0.3, 0.4) is 0 Å². The van der Waals surface area contributed by atoms with Crippen molar-refractivity contribution in [3.63, 3.8) is 0 Å². The largest absolute Gasteiger partial charge is 0.457 e. The topological polar surface area (TPSA) is 44.9 Å². The van der Waals surface area contributed by atoms with Crippen LogP contribution in [0.2, 0.25) is 0 Å². The first-order valence-electron chi connectivity index (χ1n) is 23.2. The van der Waals surface area contributed by atoms with Crippen molar-refractivity contribution < 1.29 is 4.74 Å². The Morgan fingerprint density at radius 3 is 1.78 bits per heavy atom. The van der Waals surface area contributed by atoms with Gasteiger partial charge < -0.3 is 9.30 Å². The number of aryl methyl sites for hydroxylation is 1. The van der Waals surface area contributed by atoms with Crippen molar-refractivity contribution in [1.29, 1.82) is 0 Å². The van der Waals surface area contributed by atoms with Gasteiger partial charge in [-0.25, -0.2) is 9.97 Å². The number of aromatic nitrogens is 4. The van der Waals surface area contributed by atoms with Gasteiger partial charge in [0, 0.05) is 24.2 Å². The van der Waals surface area contributed by atoms with Crippen LogP contribution in [0.5, 0.6) is 11.5 Å². The summed E-state index contributed by atoms with van der Waals surface area (Å²) in [6.07, 6.45) is 1.89. The van der Waals surface area contributed by atoms with E-state index in [4.69, 9.17) is 14.7 Å². The number of pyridine rings is 1. The van der Waals surface area contributed by atoms with E-state index in [1.807, 2.05) is 12.3 Å². The zero-order chi connectivity index (χ0) is 45.2. The molecule has 0 spiro atoms. The summed E-state index contributed by atoms with van der Waals surface area (Å²) >= 11 is 0. The summed E-state index contributed by atoms with van der Waals surface area (Å²) in [6, 6.07) is 89.0. The second-order valence-corrected chi connectivity index (χ2v) is 25.3.